The molecular formula is C20H27N3O3S. The van der Waals surface area contributed by atoms with Gasteiger partial charge in [-0.2, -0.15) is 0 Å². The van der Waals surface area contributed by atoms with E-state index in [0.717, 1.165) is 48.9 Å². The van der Waals surface area contributed by atoms with E-state index in [4.69, 9.17) is 4.74 Å². The lowest BCUT2D eigenvalue weighted by Crippen LogP contribution is -2.40. The molecule has 7 heteroatoms. The van der Waals surface area contributed by atoms with Gasteiger partial charge in [0, 0.05) is 24.3 Å². The molecule has 2 N–H and O–H groups in total. The Bertz CT molecular complexity index is 898. The van der Waals surface area contributed by atoms with Crippen molar-refractivity contribution in [2.75, 3.05) is 6.61 Å². The molecule has 0 radical (unpaired) electrons. The van der Waals surface area contributed by atoms with Crippen LogP contribution in [0, 0.1) is 5.92 Å². The molecule has 0 aromatic carbocycles. The van der Waals surface area contributed by atoms with E-state index in [2.05, 4.69) is 22.2 Å². The van der Waals surface area contributed by atoms with Crippen LogP contribution in [0.4, 0.5) is 0 Å². The first-order valence-electron chi connectivity index (χ1n) is 9.95. The van der Waals surface area contributed by atoms with E-state index in [1.54, 1.807) is 11.3 Å². The highest BCUT2D eigenvalue weighted by Crippen LogP contribution is 2.35. The number of nitrogens with zero attached hydrogens (tertiary/aromatic N) is 1. The van der Waals surface area contributed by atoms with Gasteiger partial charge in [0.05, 0.1) is 17.5 Å². The molecular weight excluding hydrogens is 362 g/mol. The van der Waals surface area contributed by atoms with Gasteiger partial charge in [0.25, 0.3) is 5.56 Å². The summed E-state index contributed by atoms with van der Waals surface area (Å²) in [5, 5.41) is 3.77. The fourth-order valence-corrected chi connectivity index (χ4v) is 5.56. The monoisotopic (exact) mass is 389 g/mol. The first-order valence-corrected chi connectivity index (χ1v) is 10.8. The normalized spacial score (nSPS) is 23.3. The summed E-state index contributed by atoms with van der Waals surface area (Å²) >= 11 is 1.65. The summed E-state index contributed by atoms with van der Waals surface area (Å²) in [5.74, 6) is 1.23. The Morgan fingerprint density at radius 2 is 2.30 bits per heavy atom. The number of nitrogens with one attached hydrogen (secondary N) is 2. The largest absolute Gasteiger partial charge is 0.376 e. The average Bonchev–Trinajstić information content (AvgIpc) is 3.27. The van der Waals surface area contributed by atoms with Crippen molar-refractivity contribution < 1.29 is 9.53 Å². The van der Waals surface area contributed by atoms with Crippen molar-refractivity contribution >= 4 is 27.5 Å². The fraction of sp³-hybridized carbons (Fsp3) is 0.650. The zero-order chi connectivity index (χ0) is 19.0. The van der Waals surface area contributed by atoms with E-state index in [9.17, 15) is 9.59 Å². The van der Waals surface area contributed by atoms with Crippen LogP contribution in [0.15, 0.2) is 4.79 Å². The second-order valence-corrected chi connectivity index (χ2v) is 9.04. The number of fused-ring (bicyclic) bond motifs is 3. The number of aromatic nitrogens is 2. The van der Waals surface area contributed by atoms with Crippen LogP contribution in [0.3, 0.4) is 0 Å². The second kappa shape index (κ2) is 7.72. The van der Waals surface area contributed by atoms with E-state index in [-0.39, 0.29) is 23.6 Å². The van der Waals surface area contributed by atoms with Gasteiger partial charge >= 0.3 is 0 Å². The van der Waals surface area contributed by atoms with Gasteiger partial charge in [0.1, 0.15) is 10.7 Å². The minimum Gasteiger partial charge on any atom is -0.376 e. The number of aromatic amines is 1. The highest BCUT2D eigenvalue weighted by molar-refractivity contribution is 7.18. The predicted molar refractivity (Wildman–Crippen MR) is 106 cm³/mol. The number of amides is 1. The first-order chi connectivity index (χ1) is 13.0. The number of carbonyl (C=O) groups is 1. The summed E-state index contributed by atoms with van der Waals surface area (Å²) < 4.78 is 5.62. The zero-order valence-electron chi connectivity index (χ0n) is 16.0. The van der Waals surface area contributed by atoms with Crippen LogP contribution in [-0.2, 0) is 28.8 Å². The van der Waals surface area contributed by atoms with E-state index < -0.39 is 0 Å². The summed E-state index contributed by atoms with van der Waals surface area (Å²) in [6.07, 6.45) is 6.04. The summed E-state index contributed by atoms with van der Waals surface area (Å²) in [6, 6.07) is 0.0144. The van der Waals surface area contributed by atoms with Gasteiger partial charge in [-0.15, -0.1) is 11.3 Å². The van der Waals surface area contributed by atoms with E-state index >= 15 is 0 Å². The van der Waals surface area contributed by atoms with Crippen molar-refractivity contribution in [3.8, 4) is 0 Å². The number of hydrogen-bond acceptors (Lipinski definition) is 5. The van der Waals surface area contributed by atoms with Gasteiger partial charge in [-0.3, -0.25) is 9.59 Å². The standard InChI is InChI=1S/C20H27N3O3S/c1-11-5-6-13-15(10-11)27-20-18(13)19(25)22-16(23-20)7-8-17(24)21-12(2)14-4-3-9-26-14/h11-12,14H,3-10H2,1-2H3,(H,21,24)(H,22,23,25)/t11-,12-,14-/m1/s1. The third-order valence-corrected chi connectivity index (χ3v) is 6.86. The van der Waals surface area contributed by atoms with Crippen LogP contribution in [0.2, 0.25) is 0 Å². The number of thiophene rings is 1. The molecule has 2 aromatic rings. The lowest BCUT2D eigenvalue weighted by molar-refractivity contribution is -0.122. The molecule has 146 valence electrons. The van der Waals surface area contributed by atoms with Crippen molar-refractivity contribution in [3.05, 3.63) is 26.6 Å². The fourth-order valence-electron chi connectivity index (χ4n) is 4.16. The number of aryl methyl sites for hydroxylation is 2. The minimum atomic E-state index is -0.0600. The van der Waals surface area contributed by atoms with Crippen molar-refractivity contribution in [1.82, 2.24) is 15.3 Å². The van der Waals surface area contributed by atoms with Crippen LogP contribution in [-0.4, -0.2) is 34.6 Å². The molecule has 0 bridgehead atoms. The number of hydrogen-bond donors (Lipinski definition) is 2. The topological polar surface area (TPSA) is 84.1 Å². The highest BCUT2D eigenvalue weighted by Gasteiger charge is 2.24. The van der Waals surface area contributed by atoms with E-state index in [0.29, 0.717) is 24.6 Å². The Kier molecular flexibility index (Phi) is 5.32. The van der Waals surface area contributed by atoms with Gasteiger partial charge in [0.15, 0.2) is 0 Å². The molecule has 1 aliphatic heterocycles. The molecule has 0 spiro atoms. The van der Waals surface area contributed by atoms with Crippen molar-refractivity contribution in [1.29, 1.82) is 0 Å². The molecule has 1 aliphatic carbocycles. The maximum Gasteiger partial charge on any atom is 0.259 e. The van der Waals surface area contributed by atoms with Gasteiger partial charge in [-0.25, -0.2) is 4.98 Å². The Balaban J connectivity index is 1.43. The van der Waals surface area contributed by atoms with Crippen LogP contribution in [0.5, 0.6) is 0 Å². The third kappa shape index (κ3) is 3.94. The van der Waals surface area contributed by atoms with Crippen molar-refractivity contribution in [2.45, 2.75) is 70.9 Å². The summed E-state index contributed by atoms with van der Waals surface area (Å²) in [7, 11) is 0. The molecule has 3 atom stereocenters. The molecule has 2 aliphatic rings. The zero-order valence-corrected chi connectivity index (χ0v) is 16.8. The Labute approximate surface area is 162 Å². The maximum absolute atomic E-state index is 12.6. The molecule has 6 nitrogen and oxygen atoms in total. The lowest BCUT2D eigenvalue weighted by atomic mass is 9.89. The Morgan fingerprint density at radius 3 is 3.07 bits per heavy atom. The number of rotatable bonds is 5. The highest BCUT2D eigenvalue weighted by atomic mass is 32.1. The van der Waals surface area contributed by atoms with Gasteiger partial charge in [-0.1, -0.05) is 6.92 Å². The Hall–Kier alpha value is -1.73. The first kappa shape index (κ1) is 18.6. The molecule has 2 aromatic heterocycles. The number of ether oxygens (including phenoxy) is 1. The van der Waals surface area contributed by atoms with Crippen LogP contribution in [0.25, 0.3) is 10.2 Å². The number of H-pyrrole nitrogens is 1. The van der Waals surface area contributed by atoms with E-state index in [1.807, 2.05) is 6.92 Å². The third-order valence-electron chi connectivity index (χ3n) is 5.71. The molecule has 1 saturated heterocycles. The summed E-state index contributed by atoms with van der Waals surface area (Å²) in [6.45, 7) is 5.02. The van der Waals surface area contributed by atoms with Crippen LogP contribution < -0.4 is 10.9 Å². The van der Waals surface area contributed by atoms with Crippen molar-refractivity contribution in [2.24, 2.45) is 5.92 Å². The molecule has 0 unspecified atom stereocenters. The number of carbonyl (C=O) groups excluding carboxylic acids is 1. The van der Waals surface area contributed by atoms with Crippen molar-refractivity contribution in [3.63, 3.8) is 0 Å². The summed E-state index contributed by atoms with van der Waals surface area (Å²) in [5.41, 5.74) is 1.13. The lowest BCUT2D eigenvalue weighted by Gasteiger charge is -2.19. The van der Waals surface area contributed by atoms with Crippen LogP contribution in [0.1, 0.15) is 55.8 Å². The molecule has 4 rings (SSSR count). The second-order valence-electron chi connectivity index (χ2n) is 7.95. The smallest absolute Gasteiger partial charge is 0.259 e. The summed E-state index contributed by atoms with van der Waals surface area (Å²) in [4.78, 5) is 34.5. The van der Waals surface area contributed by atoms with Gasteiger partial charge < -0.3 is 15.0 Å². The Morgan fingerprint density at radius 1 is 1.44 bits per heavy atom. The van der Waals surface area contributed by atoms with E-state index in [1.165, 1.54) is 10.4 Å². The van der Waals surface area contributed by atoms with Crippen LogP contribution >= 0.6 is 11.3 Å². The predicted octanol–water partition coefficient (Wildman–Crippen LogP) is 2.73. The SMILES string of the molecule is C[C@@H]1CCc2c(sc3nc(CCC(=O)N[C@H](C)[C@H]4CCCO4)[nH]c(=O)c23)C1. The molecule has 0 saturated carbocycles. The van der Waals surface area contributed by atoms with Gasteiger partial charge in [-0.05, 0) is 50.5 Å². The molecule has 1 amide bonds. The quantitative estimate of drug-likeness (QED) is 0.824. The maximum atomic E-state index is 12.6. The van der Waals surface area contributed by atoms with Gasteiger partial charge in [0.2, 0.25) is 5.91 Å². The molecule has 3 heterocycles. The average molecular weight is 390 g/mol. The minimum absolute atomic E-state index is 0.0144. The molecule has 1 fully saturated rings. The molecule has 27 heavy (non-hydrogen) atoms.